The van der Waals surface area contributed by atoms with E-state index in [9.17, 15) is 0 Å². The molecule has 1 rings (SSSR count). The van der Waals surface area contributed by atoms with Crippen LogP contribution in [0.15, 0.2) is 0 Å². The summed E-state index contributed by atoms with van der Waals surface area (Å²) >= 11 is 6.05. The topological polar surface area (TPSA) is 9.23 Å². The minimum absolute atomic E-state index is 0.0660. The van der Waals surface area contributed by atoms with Crippen LogP contribution in [0.4, 0.5) is 0 Å². The van der Waals surface area contributed by atoms with Crippen molar-refractivity contribution in [1.29, 1.82) is 0 Å². The zero-order chi connectivity index (χ0) is 8.48. The average Bonchev–Trinajstić information content (AvgIpc) is 1.86. The van der Waals surface area contributed by atoms with Gasteiger partial charge in [0.2, 0.25) is 0 Å². The monoisotopic (exact) mass is 176 g/mol. The van der Waals surface area contributed by atoms with Crippen LogP contribution in [0.2, 0.25) is 0 Å². The van der Waals surface area contributed by atoms with Crippen LogP contribution in [0.1, 0.15) is 33.6 Å². The lowest BCUT2D eigenvalue weighted by molar-refractivity contribution is -0.0168. The SMILES string of the molecule is CC(C)(C)C1CCCOC1Cl. The number of hydrogen-bond donors (Lipinski definition) is 0. The smallest absolute Gasteiger partial charge is 0.134 e. The Morgan fingerprint density at radius 3 is 2.36 bits per heavy atom. The zero-order valence-electron chi connectivity index (χ0n) is 7.56. The Kier molecular flexibility index (Phi) is 2.82. The number of hydrogen-bond acceptors (Lipinski definition) is 1. The lowest BCUT2D eigenvalue weighted by atomic mass is 9.78. The fourth-order valence-electron chi connectivity index (χ4n) is 1.57. The quantitative estimate of drug-likeness (QED) is 0.516. The molecule has 1 aliphatic rings. The number of ether oxygens (including phenoxy) is 1. The van der Waals surface area contributed by atoms with Crippen molar-refractivity contribution in [3.05, 3.63) is 0 Å². The number of rotatable bonds is 0. The number of alkyl halides is 1. The third-order valence-corrected chi connectivity index (χ3v) is 2.80. The molecule has 11 heavy (non-hydrogen) atoms. The van der Waals surface area contributed by atoms with Crippen LogP contribution >= 0.6 is 11.6 Å². The molecule has 2 heteroatoms. The van der Waals surface area contributed by atoms with E-state index in [1.165, 1.54) is 6.42 Å². The summed E-state index contributed by atoms with van der Waals surface area (Å²) in [7, 11) is 0. The molecule has 2 unspecified atom stereocenters. The van der Waals surface area contributed by atoms with Crippen LogP contribution < -0.4 is 0 Å². The van der Waals surface area contributed by atoms with E-state index in [4.69, 9.17) is 16.3 Å². The molecule has 0 N–H and O–H groups in total. The second-order valence-corrected chi connectivity index (χ2v) is 4.77. The van der Waals surface area contributed by atoms with Gasteiger partial charge in [0.05, 0.1) is 0 Å². The molecular weight excluding hydrogens is 160 g/mol. The highest BCUT2D eigenvalue weighted by Gasteiger charge is 2.33. The Hall–Kier alpha value is 0.250. The van der Waals surface area contributed by atoms with Crippen molar-refractivity contribution in [1.82, 2.24) is 0 Å². The van der Waals surface area contributed by atoms with Crippen LogP contribution in [0.25, 0.3) is 0 Å². The Bertz CT molecular complexity index is 128. The summed E-state index contributed by atoms with van der Waals surface area (Å²) in [5, 5.41) is 0. The molecule has 0 radical (unpaired) electrons. The Morgan fingerprint density at radius 1 is 1.36 bits per heavy atom. The second-order valence-electron chi connectivity index (χ2n) is 4.34. The molecule has 1 saturated heterocycles. The van der Waals surface area contributed by atoms with Gasteiger partial charge in [0.15, 0.2) is 0 Å². The first-order valence-corrected chi connectivity index (χ1v) is 4.71. The zero-order valence-corrected chi connectivity index (χ0v) is 8.32. The molecule has 66 valence electrons. The molecule has 0 aromatic carbocycles. The van der Waals surface area contributed by atoms with Gasteiger partial charge < -0.3 is 4.74 Å². The van der Waals surface area contributed by atoms with E-state index in [0.29, 0.717) is 5.92 Å². The van der Waals surface area contributed by atoms with E-state index in [2.05, 4.69) is 20.8 Å². The molecule has 0 spiro atoms. The summed E-state index contributed by atoms with van der Waals surface area (Å²) in [6.45, 7) is 7.51. The Labute approximate surface area is 74.1 Å². The summed E-state index contributed by atoms with van der Waals surface area (Å²) in [4.78, 5) is 0. The predicted octanol–water partition coefficient (Wildman–Crippen LogP) is 3.02. The molecule has 0 aromatic rings. The van der Waals surface area contributed by atoms with Crippen LogP contribution in [0.5, 0.6) is 0 Å². The second kappa shape index (κ2) is 3.32. The van der Waals surface area contributed by atoms with Crippen LogP contribution in [-0.2, 0) is 4.74 Å². The van der Waals surface area contributed by atoms with Crippen LogP contribution in [0, 0.1) is 11.3 Å². The van der Waals surface area contributed by atoms with Crippen molar-refractivity contribution in [3.63, 3.8) is 0 Å². The molecule has 2 atom stereocenters. The first kappa shape index (κ1) is 9.34. The molecule has 0 aromatic heterocycles. The molecule has 0 aliphatic carbocycles. The van der Waals surface area contributed by atoms with Crippen molar-refractivity contribution in [2.75, 3.05) is 6.61 Å². The van der Waals surface area contributed by atoms with E-state index in [-0.39, 0.29) is 11.0 Å². The molecule has 1 fully saturated rings. The van der Waals surface area contributed by atoms with Gasteiger partial charge in [0, 0.05) is 12.5 Å². The van der Waals surface area contributed by atoms with Crippen LogP contribution in [-0.4, -0.2) is 12.2 Å². The highest BCUT2D eigenvalue weighted by molar-refractivity contribution is 6.19. The van der Waals surface area contributed by atoms with Gasteiger partial charge in [-0.2, -0.15) is 0 Å². The largest absolute Gasteiger partial charge is 0.362 e. The summed E-state index contributed by atoms with van der Waals surface area (Å²) in [5.74, 6) is 0.512. The third kappa shape index (κ3) is 2.34. The van der Waals surface area contributed by atoms with Crippen LogP contribution in [0.3, 0.4) is 0 Å². The predicted molar refractivity (Wildman–Crippen MR) is 47.8 cm³/mol. The maximum atomic E-state index is 6.05. The van der Waals surface area contributed by atoms with E-state index in [1.54, 1.807) is 0 Å². The molecule has 0 saturated carbocycles. The van der Waals surface area contributed by atoms with Gasteiger partial charge in [-0.3, -0.25) is 0 Å². The lowest BCUT2D eigenvalue weighted by Gasteiger charge is -2.37. The maximum absolute atomic E-state index is 6.05. The van der Waals surface area contributed by atoms with Gasteiger partial charge in [-0.05, 0) is 18.3 Å². The summed E-state index contributed by atoms with van der Waals surface area (Å²) in [6, 6.07) is 0. The van der Waals surface area contributed by atoms with Gasteiger partial charge >= 0.3 is 0 Å². The number of halogens is 1. The molecule has 0 amide bonds. The minimum atomic E-state index is -0.0660. The molecule has 1 heterocycles. The fraction of sp³-hybridized carbons (Fsp3) is 1.00. The highest BCUT2D eigenvalue weighted by Crippen LogP contribution is 2.37. The first-order valence-electron chi connectivity index (χ1n) is 4.27. The highest BCUT2D eigenvalue weighted by atomic mass is 35.5. The molecule has 0 bridgehead atoms. The maximum Gasteiger partial charge on any atom is 0.134 e. The summed E-state index contributed by atoms with van der Waals surface area (Å²) < 4.78 is 5.38. The lowest BCUT2D eigenvalue weighted by Crippen LogP contribution is -2.34. The average molecular weight is 177 g/mol. The Morgan fingerprint density at radius 2 is 2.00 bits per heavy atom. The molecule has 1 aliphatic heterocycles. The van der Waals surface area contributed by atoms with Crippen molar-refractivity contribution in [2.24, 2.45) is 11.3 Å². The van der Waals surface area contributed by atoms with E-state index in [0.717, 1.165) is 13.0 Å². The standard InChI is InChI=1S/C9H17ClO/c1-9(2,3)7-5-4-6-11-8(7)10/h7-8H,4-6H2,1-3H3. The van der Waals surface area contributed by atoms with Crippen molar-refractivity contribution >= 4 is 11.6 Å². The van der Waals surface area contributed by atoms with E-state index < -0.39 is 0 Å². The van der Waals surface area contributed by atoms with Gasteiger partial charge in [-0.25, -0.2) is 0 Å². The minimum Gasteiger partial charge on any atom is -0.362 e. The third-order valence-electron chi connectivity index (χ3n) is 2.37. The van der Waals surface area contributed by atoms with E-state index in [1.807, 2.05) is 0 Å². The first-order chi connectivity index (χ1) is 5.02. The van der Waals surface area contributed by atoms with Gasteiger partial charge in [-0.1, -0.05) is 32.4 Å². The molecule has 1 nitrogen and oxygen atoms in total. The van der Waals surface area contributed by atoms with Crippen molar-refractivity contribution in [2.45, 2.75) is 39.2 Å². The van der Waals surface area contributed by atoms with Crippen molar-refractivity contribution in [3.8, 4) is 0 Å². The fourth-order valence-corrected chi connectivity index (χ4v) is 2.17. The van der Waals surface area contributed by atoms with Crippen molar-refractivity contribution < 1.29 is 4.74 Å². The van der Waals surface area contributed by atoms with Gasteiger partial charge in [0.1, 0.15) is 5.56 Å². The molecular formula is C9H17ClO. The summed E-state index contributed by atoms with van der Waals surface area (Å²) in [6.07, 6.45) is 2.36. The van der Waals surface area contributed by atoms with E-state index >= 15 is 0 Å². The van der Waals surface area contributed by atoms with Gasteiger partial charge in [-0.15, -0.1) is 0 Å². The summed E-state index contributed by atoms with van der Waals surface area (Å²) in [5.41, 5.74) is 0.219. The normalized spacial score (nSPS) is 33.8. The Balaban J connectivity index is 2.55. The van der Waals surface area contributed by atoms with Gasteiger partial charge in [0.25, 0.3) is 0 Å².